The first-order valence-electron chi connectivity index (χ1n) is 10.6. The molecule has 1 unspecified atom stereocenters. The summed E-state index contributed by atoms with van der Waals surface area (Å²) in [5.41, 5.74) is 0.410. The van der Waals surface area contributed by atoms with Crippen LogP contribution in [-0.2, 0) is 23.2 Å². The minimum atomic E-state index is -1.89. The highest BCUT2D eigenvalue weighted by Gasteiger charge is 2.48. The van der Waals surface area contributed by atoms with E-state index in [2.05, 4.69) is 9.97 Å². The standard InChI is InChI=1S/C24H20F3N3O3/c25-14-6-4-13(5-7-14)24(9-10-24)23-28-18-8-11-30(12-16(18)21(32)29-23)22(33)20(31)15-2-1-3-17(26)19(15)27/h1-7,20,31H,8-12H2,(H,28,29,32). The van der Waals surface area contributed by atoms with Gasteiger partial charge < -0.3 is 15.0 Å². The molecule has 0 saturated heterocycles. The van der Waals surface area contributed by atoms with E-state index in [1.54, 1.807) is 12.1 Å². The first-order chi connectivity index (χ1) is 15.8. The number of carbonyl (C=O) groups is 1. The topological polar surface area (TPSA) is 86.3 Å². The molecule has 1 atom stereocenters. The minimum absolute atomic E-state index is 0.103. The van der Waals surface area contributed by atoms with Crippen LogP contribution < -0.4 is 5.56 Å². The van der Waals surface area contributed by atoms with E-state index in [1.807, 2.05) is 0 Å². The Morgan fingerprint density at radius 2 is 1.85 bits per heavy atom. The van der Waals surface area contributed by atoms with Gasteiger partial charge in [0.25, 0.3) is 11.5 Å². The van der Waals surface area contributed by atoms with Crippen molar-refractivity contribution in [3.8, 4) is 0 Å². The van der Waals surface area contributed by atoms with Crippen LogP contribution in [0.4, 0.5) is 13.2 Å². The molecule has 1 aliphatic heterocycles. The van der Waals surface area contributed by atoms with Crippen LogP contribution in [0.15, 0.2) is 47.3 Å². The van der Waals surface area contributed by atoms with Crippen LogP contribution in [-0.4, -0.2) is 32.4 Å². The Labute approximate surface area is 186 Å². The van der Waals surface area contributed by atoms with E-state index >= 15 is 0 Å². The summed E-state index contributed by atoms with van der Waals surface area (Å²) in [6, 6.07) is 9.38. The van der Waals surface area contributed by atoms with E-state index in [-0.39, 0.29) is 25.3 Å². The van der Waals surface area contributed by atoms with Gasteiger partial charge >= 0.3 is 0 Å². The summed E-state index contributed by atoms with van der Waals surface area (Å²) in [5.74, 6) is -3.09. The molecule has 1 saturated carbocycles. The lowest BCUT2D eigenvalue weighted by molar-refractivity contribution is -0.141. The largest absolute Gasteiger partial charge is 0.378 e. The van der Waals surface area contributed by atoms with E-state index in [0.29, 0.717) is 17.1 Å². The maximum absolute atomic E-state index is 14.0. The summed E-state index contributed by atoms with van der Waals surface area (Å²) in [7, 11) is 0. The van der Waals surface area contributed by atoms with E-state index in [0.717, 1.165) is 30.5 Å². The third kappa shape index (κ3) is 3.62. The van der Waals surface area contributed by atoms with Gasteiger partial charge in [-0.2, -0.15) is 0 Å². The lowest BCUT2D eigenvalue weighted by atomic mass is 9.94. The summed E-state index contributed by atoms with van der Waals surface area (Å²) < 4.78 is 40.8. The molecule has 1 aliphatic carbocycles. The highest BCUT2D eigenvalue weighted by Crippen LogP contribution is 2.52. The molecule has 2 heterocycles. The van der Waals surface area contributed by atoms with Crippen LogP contribution in [0.5, 0.6) is 0 Å². The average Bonchev–Trinajstić information content (AvgIpc) is 3.62. The molecule has 6 nitrogen and oxygen atoms in total. The smallest absolute Gasteiger partial charge is 0.256 e. The van der Waals surface area contributed by atoms with Crippen LogP contribution in [0.25, 0.3) is 0 Å². The molecule has 1 fully saturated rings. The third-order valence-electron chi connectivity index (χ3n) is 6.49. The maximum Gasteiger partial charge on any atom is 0.256 e. The second-order valence-corrected chi connectivity index (χ2v) is 8.48. The van der Waals surface area contributed by atoms with Gasteiger partial charge in [-0.25, -0.2) is 18.2 Å². The fraction of sp³-hybridized carbons (Fsp3) is 0.292. The molecule has 3 aromatic rings. The number of aromatic nitrogens is 2. The maximum atomic E-state index is 14.0. The SMILES string of the molecule is O=C(C(O)c1cccc(F)c1F)N1CCc2nc(C3(c4ccc(F)cc4)CC3)[nH]c(=O)c2C1. The first kappa shape index (κ1) is 21.4. The van der Waals surface area contributed by atoms with E-state index < -0.39 is 40.2 Å². The summed E-state index contributed by atoms with van der Waals surface area (Å²) in [4.78, 5) is 34.4. The fourth-order valence-electron chi connectivity index (χ4n) is 4.43. The van der Waals surface area contributed by atoms with E-state index in [4.69, 9.17) is 0 Å². The number of aromatic amines is 1. The van der Waals surface area contributed by atoms with Gasteiger partial charge in [0.2, 0.25) is 0 Å². The molecule has 0 spiro atoms. The van der Waals surface area contributed by atoms with Gasteiger partial charge in [-0.1, -0.05) is 24.3 Å². The number of carbonyl (C=O) groups excluding carboxylic acids is 1. The second kappa shape index (κ2) is 7.84. The normalized spacial score (nSPS) is 17.4. The van der Waals surface area contributed by atoms with Crippen molar-refractivity contribution < 1.29 is 23.1 Å². The molecule has 9 heteroatoms. The number of fused-ring (bicyclic) bond motifs is 1. The van der Waals surface area contributed by atoms with Crippen LogP contribution >= 0.6 is 0 Å². The monoisotopic (exact) mass is 455 g/mol. The molecule has 5 rings (SSSR count). The predicted molar refractivity (Wildman–Crippen MR) is 112 cm³/mol. The Bertz CT molecular complexity index is 1300. The van der Waals surface area contributed by atoms with Crippen molar-refractivity contribution in [2.45, 2.75) is 37.3 Å². The Morgan fingerprint density at radius 1 is 1.12 bits per heavy atom. The Morgan fingerprint density at radius 3 is 2.55 bits per heavy atom. The lowest BCUT2D eigenvalue weighted by Crippen LogP contribution is -2.42. The molecular weight excluding hydrogens is 435 g/mol. The molecule has 0 bridgehead atoms. The lowest BCUT2D eigenvalue weighted by Gasteiger charge is -2.30. The summed E-state index contributed by atoms with van der Waals surface area (Å²) in [5, 5.41) is 10.3. The number of rotatable bonds is 4. The summed E-state index contributed by atoms with van der Waals surface area (Å²) >= 11 is 0. The predicted octanol–water partition coefficient (Wildman–Crippen LogP) is 2.89. The Hall–Kier alpha value is -3.46. The van der Waals surface area contributed by atoms with Gasteiger partial charge in [-0.05, 0) is 36.6 Å². The zero-order chi connectivity index (χ0) is 23.3. The number of aliphatic hydroxyl groups is 1. The van der Waals surface area contributed by atoms with Gasteiger partial charge in [0.1, 0.15) is 11.6 Å². The number of H-pyrrole nitrogens is 1. The molecular formula is C24H20F3N3O3. The van der Waals surface area contributed by atoms with Crippen molar-refractivity contribution in [3.05, 3.63) is 98.5 Å². The van der Waals surface area contributed by atoms with E-state index in [1.165, 1.54) is 23.1 Å². The highest BCUT2D eigenvalue weighted by atomic mass is 19.2. The zero-order valence-corrected chi connectivity index (χ0v) is 17.4. The molecule has 170 valence electrons. The van der Waals surface area contributed by atoms with E-state index in [9.17, 15) is 27.9 Å². The minimum Gasteiger partial charge on any atom is -0.378 e. The van der Waals surface area contributed by atoms with Crippen LogP contribution in [0.1, 0.15) is 47.2 Å². The molecule has 33 heavy (non-hydrogen) atoms. The van der Waals surface area contributed by atoms with Gasteiger partial charge in [0.05, 0.1) is 23.2 Å². The number of aliphatic hydroxyl groups excluding tert-OH is 1. The number of nitrogens with one attached hydrogen (secondary N) is 1. The molecule has 1 amide bonds. The number of amides is 1. The summed E-state index contributed by atoms with van der Waals surface area (Å²) in [6.07, 6.45) is -0.0653. The molecule has 2 aromatic carbocycles. The van der Waals surface area contributed by atoms with Crippen LogP contribution in [0, 0.1) is 17.5 Å². The van der Waals surface area contributed by atoms with Crippen molar-refractivity contribution in [1.29, 1.82) is 0 Å². The number of benzene rings is 2. The average molecular weight is 455 g/mol. The van der Waals surface area contributed by atoms with Crippen molar-refractivity contribution in [2.24, 2.45) is 0 Å². The Balaban J connectivity index is 1.40. The molecule has 1 aromatic heterocycles. The Kier molecular flexibility index (Phi) is 5.08. The second-order valence-electron chi connectivity index (χ2n) is 8.48. The van der Waals surface area contributed by atoms with Crippen LogP contribution in [0.3, 0.4) is 0 Å². The number of hydrogen-bond donors (Lipinski definition) is 2. The molecule has 2 aliphatic rings. The highest BCUT2D eigenvalue weighted by molar-refractivity contribution is 5.82. The zero-order valence-electron chi connectivity index (χ0n) is 17.4. The third-order valence-corrected chi connectivity index (χ3v) is 6.49. The molecule has 2 N–H and O–H groups in total. The first-order valence-corrected chi connectivity index (χ1v) is 10.6. The summed E-state index contributed by atoms with van der Waals surface area (Å²) in [6.45, 7) is 0.0631. The van der Waals surface area contributed by atoms with Crippen LogP contribution in [0.2, 0.25) is 0 Å². The van der Waals surface area contributed by atoms with Crippen molar-refractivity contribution in [3.63, 3.8) is 0 Å². The van der Waals surface area contributed by atoms with Gasteiger partial charge in [-0.15, -0.1) is 0 Å². The van der Waals surface area contributed by atoms with Gasteiger partial charge in [-0.3, -0.25) is 9.59 Å². The van der Waals surface area contributed by atoms with Gasteiger partial charge in [0, 0.05) is 18.5 Å². The number of hydrogen-bond acceptors (Lipinski definition) is 4. The van der Waals surface area contributed by atoms with Crippen molar-refractivity contribution >= 4 is 5.91 Å². The van der Waals surface area contributed by atoms with Crippen molar-refractivity contribution in [2.75, 3.05) is 6.54 Å². The van der Waals surface area contributed by atoms with Gasteiger partial charge in [0.15, 0.2) is 17.7 Å². The fourth-order valence-corrected chi connectivity index (χ4v) is 4.43. The molecule has 0 radical (unpaired) electrons. The number of halogens is 3. The quantitative estimate of drug-likeness (QED) is 0.634. The van der Waals surface area contributed by atoms with Crippen molar-refractivity contribution in [1.82, 2.24) is 14.9 Å². The number of nitrogens with zero attached hydrogens (tertiary/aromatic N) is 2.